The van der Waals surface area contributed by atoms with E-state index in [2.05, 4.69) is 37.2 Å². The molecule has 0 saturated heterocycles. The normalized spacial score (nSPS) is 10.2. The minimum atomic E-state index is -0.155. The van der Waals surface area contributed by atoms with E-state index in [9.17, 15) is 4.79 Å². The molecule has 104 valence electrons. The number of ether oxygens (including phenoxy) is 1. The Morgan fingerprint density at radius 1 is 1.15 bits per heavy atom. The molecule has 20 heavy (non-hydrogen) atoms. The molecule has 1 amide bonds. The Hall–Kier alpha value is -1.33. The fourth-order valence-electron chi connectivity index (χ4n) is 1.77. The SMILES string of the molecule is COc1ccc(Br)c(NC(=O)c2cccc(Br)c2C)c1. The number of benzene rings is 2. The molecule has 1 N–H and O–H groups in total. The van der Waals surface area contributed by atoms with Gasteiger partial charge in [-0.15, -0.1) is 0 Å². The van der Waals surface area contributed by atoms with Gasteiger partial charge in [-0.1, -0.05) is 22.0 Å². The lowest BCUT2D eigenvalue weighted by molar-refractivity contribution is 0.102. The van der Waals surface area contributed by atoms with Gasteiger partial charge >= 0.3 is 0 Å². The molecule has 0 aliphatic rings. The summed E-state index contributed by atoms with van der Waals surface area (Å²) in [6.45, 7) is 1.90. The molecule has 0 unspecified atom stereocenters. The van der Waals surface area contributed by atoms with Gasteiger partial charge in [-0.25, -0.2) is 0 Å². The van der Waals surface area contributed by atoms with Crippen molar-refractivity contribution in [1.82, 2.24) is 0 Å². The Bertz CT molecular complexity index is 656. The quantitative estimate of drug-likeness (QED) is 0.807. The molecule has 0 bridgehead atoms. The van der Waals surface area contributed by atoms with Crippen LogP contribution in [0.1, 0.15) is 15.9 Å². The first-order chi connectivity index (χ1) is 9.52. The van der Waals surface area contributed by atoms with E-state index in [0.717, 1.165) is 14.5 Å². The summed E-state index contributed by atoms with van der Waals surface area (Å²) in [7, 11) is 1.59. The Morgan fingerprint density at radius 3 is 2.60 bits per heavy atom. The highest BCUT2D eigenvalue weighted by Crippen LogP contribution is 2.28. The highest BCUT2D eigenvalue weighted by molar-refractivity contribution is 9.10. The molecule has 0 aromatic heterocycles. The molecule has 2 aromatic carbocycles. The number of hydrogen-bond acceptors (Lipinski definition) is 2. The van der Waals surface area contributed by atoms with E-state index in [1.165, 1.54) is 0 Å². The van der Waals surface area contributed by atoms with Crippen LogP contribution in [0.5, 0.6) is 5.75 Å². The van der Waals surface area contributed by atoms with Gasteiger partial charge in [0.05, 0.1) is 12.8 Å². The van der Waals surface area contributed by atoms with Crippen molar-refractivity contribution in [3.05, 3.63) is 56.5 Å². The van der Waals surface area contributed by atoms with Crippen LogP contribution in [0.25, 0.3) is 0 Å². The van der Waals surface area contributed by atoms with Crippen molar-refractivity contribution in [3.8, 4) is 5.75 Å². The summed E-state index contributed by atoms with van der Waals surface area (Å²) in [6, 6.07) is 11.0. The number of carbonyl (C=O) groups is 1. The second-order valence-corrected chi connectivity index (χ2v) is 5.92. The highest BCUT2D eigenvalue weighted by atomic mass is 79.9. The van der Waals surface area contributed by atoms with Gasteiger partial charge in [-0.05, 0) is 52.7 Å². The summed E-state index contributed by atoms with van der Waals surface area (Å²) in [4.78, 5) is 12.3. The van der Waals surface area contributed by atoms with Crippen LogP contribution >= 0.6 is 31.9 Å². The van der Waals surface area contributed by atoms with E-state index >= 15 is 0 Å². The fraction of sp³-hybridized carbons (Fsp3) is 0.133. The van der Waals surface area contributed by atoms with Crippen molar-refractivity contribution in [2.75, 3.05) is 12.4 Å². The maximum absolute atomic E-state index is 12.3. The monoisotopic (exact) mass is 397 g/mol. The molecule has 0 fully saturated rings. The Morgan fingerprint density at radius 2 is 1.90 bits per heavy atom. The van der Waals surface area contributed by atoms with Crippen LogP contribution in [0.2, 0.25) is 0 Å². The van der Waals surface area contributed by atoms with E-state index in [4.69, 9.17) is 4.74 Å². The predicted molar refractivity (Wildman–Crippen MR) is 87.5 cm³/mol. The van der Waals surface area contributed by atoms with Crippen molar-refractivity contribution in [3.63, 3.8) is 0 Å². The Balaban J connectivity index is 2.30. The summed E-state index contributed by atoms with van der Waals surface area (Å²) < 4.78 is 6.88. The lowest BCUT2D eigenvalue weighted by atomic mass is 10.1. The average molecular weight is 399 g/mol. The number of hydrogen-bond donors (Lipinski definition) is 1. The lowest BCUT2D eigenvalue weighted by Crippen LogP contribution is -2.14. The van der Waals surface area contributed by atoms with Gasteiger partial charge in [-0.3, -0.25) is 4.79 Å². The van der Waals surface area contributed by atoms with Crippen LogP contribution in [0.15, 0.2) is 45.3 Å². The molecule has 0 radical (unpaired) electrons. The predicted octanol–water partition coefficient (Wildman–Crippen LogP) is 4.78. The molecule has 0 aliphatic heterocycles. The second-order valence-electron chi connectivity index (χ2n) is 4.21. The first kappa shape index (κ1) is 15.1. The van der Waals surface area contributed by atoms with Crippen molar-refractivity contribution in [1.29, 1.82) is 0 Å². The maximum Gasteiger partial charge on any atom is 0.256 e. The van der Waals surface area contributed by atoms with Gasteiger partial charge in [0.25, 0.3) is 5.91 Å². The smallest absolute Gasteiger partial charge is 0.256 e. The van der Waals surface area contributed by atoms with Crippen LogP contribution in [-0.2, 0) is 0 Å². The van der Waals surface area contributed by atoms with Crippen molar-refractivity contribution >= 4 is 43.5 Å². The standard InChI is InChI=1S/C15H13Br2NO2/c1-9-11(4-3-5-12(9)16)15(19)18-14-8-10(20-2)6-7-13(14)17/h3-8H,1-2H3,(H,18,19). The van der Waals surface area contributed by atoms with Crippen LogP contribution < -0.4 is 10.1 Å². The molecule has 3 nitrogen and oxygen atoms in total. The number of rotatable bonds is 3. The zero-order chi connectivity index (χ0) is 14.7. The van der Waals surface area contributed by atoms with Crippen LogP contribution in [-0.4, -0.2) is 13.0 Å². The zero-order valence-electron chi connectivity index (χ0n) is 11.0. The third kappa shape index (κ3) is 3.22. The van der Waals surface area contributed by atoms with Crippen LogP contribution in [0.3, 0.4) is 0 Å². The molecule has 0 saturated carbocycles. The van der Waals surface area contributed by atoms with E-state index < -0.39 is 0 Å². The number of methoxy groups -OCH3 is 1. The summed E-state index contributed by atoms with van der Waals surface area (Å²) in [5.41, 5.74) is 2.21. The van der Waals surface area contributed by atoms with Crippen molar-refractivity contribution in [2.45, 2.75) is 6.92 Å². The van der Waals surface area contributed by atoms with E-state index in [1.807, 2.05) is 31.2 Å². The summed E-state index contributed by atoms with van der Waals surface area (Å²) >= 11 is 6.84. The third-order valence-electron chi connectivity index (χ3n) is 2.93. The largest absolute Gasteiger partial charge is 0.497 e. The van der Waals surface area contributed by atoms with Gasteiger partial charge in [-0.2, -0.15) is 0 Å². The molecule has 5 heteroatoms. The zero-order valence-corrected chi connectivity index (χ0v) is 14.2. The number of anilines is 1. The molecule has 0 atom stereocenters. The molecular weight excluding hydrogens is 386 g/mol. The minimum absolute atomic E-state index is 0.155. The number of carbonyl (C=O) groups excluding carboxylic acids is 1. The number of nitrogens with one attached hydrogen (secondary N) is 1. The van der Waals surface area contributed by atoms with E-state index in [1.54, 1.807) is 19.2 Å². The number of halogens is 2. The topological polar surface area (TPSA) is 38.3 Å². The van der Waals surface area contributed by atoms with Crippen molar-refractivity contribution in [2.24, 2.45) is 0 Å². The van der Waals surface area contributed by atoms with Gasteiger partial charge in [0.15, 0.2) is 0 Å². The fourth-order valence-corrected chi connectivity index (χ4v) is 2.48. The first-order valence-electron chi connectivity index (χ1n) is 5.93. The van der Waals surface area contributed by atoms with E-state index in [-0.39, 0.29) is 5.91 Å². The molecule has 0 spiro atoms. The molecule has 0 heterocycles. The lowest BCUT2D eigenvalue weighted by Gasteiger charge is -2.11. The van der Waals surface area contributed by atoms with Crippen LogP contribution in [0.4, 0.5) is 5.69 Å². The highest BCUT2D eigenvalue weighted by Gasteiger charge is 2.12. The van der Waals surface area contributed by atoms with Gasteiger partial charge in [0, 0.05) is 20.6 Å². The van der Waals surface area contributed by atoms with Gasteiger partial charge in [0.2, 0.25) is 0 Å². The summed E-state index contributed by atoms with van der Waals surface area (Å²) in [6.07, 6.45) is 0. The van der Waals surface area contributed by atoms with E-state index in [0.29, 0.717) is 17.0 Å². The van der Waals surface area contributed by atoms with Crippen LogP contribution in [0, 0.1) is 6.92 Å². The first-order valence-corrected chi connectivity index (χ1v) is 7.51. The van der Waals surface area contributed by atoms with Gasteiger partial charge in [0.1, 0.15) is 5.75 Å². The van der Waals surface area contributed by atoms with Gasteiger partial charge < -0.3 is 10.1 Å². The number of amides is 1. The molecular formula is C15H13Br2NO2. The summed E-state index contributed by atoms with van der Waals surface area (Å²) in [5, 5.41) is 2.88. The maximum atomic E-state index is 12.3. The summed E-state index contributed by atoms with van der Waals surface area (Å²) in [5.74, 6) is 0.534. The second kappa shape index (κ2) is 6.41. The average Bonchev–Trinajstić information content (AvgIpc) is 2.44. The molecule has 0 aliphatic carbocycles. The molecule has 2 aromatic rings. The molecule has 2 rings (SSSR count). The Kier molecular flexibility index (Phi) is 4.83. The minimum Gasteiger partial charge on any atom is -0.497 e. The van der Waals surface area contributed by atoms with Crippen molar-refractivity contribution < 1.29 is 9.53 Å². The Labute approximate surface area is 134 Å². The third-order valence-corrected chi connectivity index (χ3v) is 4.48.